The number of ether oxygens (including phenoxy) is 2. The molecule has 4 rings (SSSR count). The molecule has 0 aliphatic heterocycles. The average molecular weight is 443 g/mol. The first-order valence-corrected chi connectivity index (χ1v) is 11.3. The van der Waals surface area contributed by atoms with Crippen molar-refractivity contribution in [3.05, 3.63) is 23.8 Å². The molecule has 0 spiro atoms. The molecule has 0 bridgehead atoms. The summed E-state index contributed by atoms with van der Waals surface area (Å²) in [5.41, 5.74) is -1.88. The van der Waals surface area contributed by atoms with E-state index in [1.165, 1.54) is 13.8 Å². The second-order valence-corrected chi connectivity index (χ2v) is 10.2. The Labute approximate surface area is 187 Å². The van der Waals surface area contributed by atoms with Crippen LogP contribution in [0.3, 0.4) is 0 Å². The molecule has 0 radical (unpaired) electrons. The van der Waals surface area contributed by atoms with Crippen LogP contribution in [0.2, 0.25) is 0 Å². The molecule has 3 fully saturated rings. The molecule has 0 amide bonds. The van der Waals surface area contributed by atoms with Crippen molar-refractivity contribution in [3.63, 3.8) is 0 Å². The predicted molar refractivity (Wildman–Crippen MR) is 113 cm³/mol. The number of fused-ring (bicyclic) bond motifs is 5. The summed E-state index contributed by atoms with van der Waals surface area (Å²) in [4.78, 5) is 62.4. The van der Waals surface area contributed by atoms with E-state index in [0.29, 0.717) is 12.8 Å². The quantitative estimate of drug-likeness (QED) is 0.617. The Morgan fingerprint density at radius 1 is 1.09 bits per heavy atom. The third kappa shape index (κ3) is 3.11. The maximum absolute atomic E-state index is 13.7. The Morgan fingerprint density at radius 2 is 1.81 bits per heavy atom. The molecule has 4 aliphatic carbocycles. The van der Waals surface area contributed by atoms with Crippen molar-refractivity contribution in [2.45, 2.75) is 65.4 Å². The summed E-state index contributed by atoms with van der Waals surface area (Å²) in [5, 5.41) is 0. The molecular formula is C25H30O7. The highest BCUT2D eigenvalue weighted by Crippen LogP contribution is 2.66. The van der Waals surface area contributed by atoms with E-state index in [4.69, 9.17) is 9.47 Å². The van der Waals surface area contributed by atoms with Gasteiger partial charge in [0.25, 0.3) is 0 Å². The van der Waals surface area contributed by atoms with Crippen LogP contribution in [-0.4, -0.2) is 41.5 Å². The van der Waals surface area contributed by atoms with Gasteiger partial charge in [-0.15, -0.1) is 0 Å². The minimum absolute atomic E-state index is 0.00442. The number of carbonyl (C=O) groups excluding carboxylic acids is 5. The number of carbonyl (C=O) groups is 5. The van der Waals surface area contributed by atoms with E-state index in [1.807, 2.05) is 19.9 Å². The minimum atomic E-state index is -1.49. The maximum atomic E-state index is 13.7. The van der Waals surface area contributed by atoms with Gasteiger partial charge in [-0.25, -0.2) is 0 Å². The second-order valence-electron chi connectivity index (χ2n) is 10.2. The van der Waals surface area contributed by atoms with Gasteiger partial charge in [-0.3, -0.25) is 24.0 Å². The normalized spacial score (nSPS) is 40.0. The van der Waals surface area contributed by atoms with Gasteiger partial charge in [-0.1, -0.05) is 25.5 Å². The zero-order valence-electron chi connectivity index (χ0n) is 19.1. The fourth-order valence-corrected chi connectivity index (χ4v) is 7.23. The van der Waals surface area contributed by atoms with E-state index in [9.17, 15) is 24.0 Å². The Hall–Kier alpha value is -2.57. The molecule has 0 heterocycles. The van der Waals surface area contributed by atoms with E-state index >= 15 is 0 Å². The van der Waals surface area contributed by atoms with Crippen molar-refractivity contribution in [3.8, 4) is 0 Å². The standard InChI is InChI=1S/C25H30O7/c1-14(26)31-13-21(30)25(32-15(2)27)10-8-19-18-6-5-16-11-17(28)7-9-23(16,3)22(18)20(29)12-24(19,25)4/h7,9,11,18-19,22H,5-6,8,10,12-13H2,1-4H3/t18-,19-,22+,23-,24+,25-/m1/s1. The van der Waals surface area contributed by atoms with Gasteiger partial charge in [0, 0.05) is 37.0 Å². The SMILES string of the molecule is CC(=O)OCC(=O)[C@]1(OC(C)=O)CC[C@@H]2[C@H]3CCC4=CC(=O)C=C[C@@]4(C)[C@@H]3C(=O)C[C@@]21C. The van der Waals surface area contributed by atoms with E-state index in [1.54, 1.807) is 12.2 Å². The van der Waals surface area contributed by atoms with Crippen LogP contribution in [0.1, 0.15) is 59.8 Å². The lowest BCUT2D eigenvalue weighted by Crippen LogP contribution is -2.62. The summed E-state index contributed by atoms with van der Waals surface area (Å²) >= 11 is 0. The lowest BCUT2D eigenvalue weighted by Gasteiger charge is -2.57. The number of ketones is 3. The molecule has 7 heteroatoms. The number of allylic oxidation sites excluding steroid dienone is 4. The van der Waals surface area contributed by atoms with Gasteiger partial charge in [-0.2, -0.15) is 0 Å². The number of hydrogen-bond acceptors (Lipinski definition) is 7. The third-order valence-corrected chi connectivity index (χ3v) is 8.55. The lowest BCUT2D eigenvalue weighted by atomic mass is 9.46. The zero-order valence-corrected chi connectivity index (χ0v) is 19.1. The van der Waals surface area contributed by atoms with E-state index in [-0.39, 0.29) is 35.7 Å². The van der Waals surface area contributed by atoms with E-state index < -0.39 is 40.8 Å². The summed E-state index contributed by atoms with van der Waals surface area (Å²) < 4.78 is 10.7. The van der Waals surface area contributed by atoms with Gasteiger partial charge in [0.1, 0.15) is 5.78 Å². The van der Waals surface area contributed by atoms with Crippen LogP contribution in [0.5, 0.6) is 0 Å². The third-order valence-electron chi connectivity index (χ3n) is 8.55. The molecule has 6 atom stereocenters. The van der Waals surface area contributed by atoms with Crippen molar-refractivity contribution < 1.29 is 33.4 Å². The molecule has 0 aromatic heterocycles. The largest absolute Gasteiger partial charge is 0.458 e. The molecule has 3 saturated carbocycles. The van der Waals surface area contributed by atoms with Gasteiger partial charge in [0.05, 0.1) is 0 Å². The summed E-state index contributed by atoms with van der Waals surface area (Å²) in [6.45, 7) is 5.90. The van der Waals surface area contributed by atoms with Gasteiger partial charge in [0.2, 0.25) is 5.78 Å². The first-order chi connectivity index (χ1) is 14.9. The van der Waals surface area contributed by atoms with Crippen LogP contribution in [0, 0.1) is 28.6 Å². The van der Waals surface area contributed by atoms with Crippen molar-refractivity contribution in [1.82, 2.24) is 0 Å². The monoisotopic (exact) mass is 442 g/mol. The first kappa shape index (κ1) is 22.6. The van der Waals surface area contributed by atoms with Crippen LogP contribution >= 0.6 is 0 Å². The number of hydrogen-bond donors (Lipinski definition) is 0. The average Bonchev–Trinajstić information content (AvgIpc) is 2.98. The molecular weight excluding hydrogens is 412 g/mol. The molecule has 0 unspecified atom stereocenters. The molecule has 32 heavy (non-hydrogen) atoms. The second kappa shape index (κ2) is 7.49. The maximum Gasteiger partial charge on any atom is 0.303 e. The zero-order chi connectivity index (χ0) is 23.5. The van der Waals surface area contributed by atoms with Crippen molar-refractivity contribution in [2.24, 2.45) is 28.6 Å². The number of rotatable bonds is 4. The number of Topliss-reactive ketones (excluding diaryl/α,β-unsaturated/α-hetero) is 2. The topological polar surface area (TPSA) is 104 Å². The van der Waals surface area contributed by atoms with Crippen LogP contribution in [0.4, 0.5) is 0 Å². The Morgan fingerprint density at radius 3 is 2.47 bits per heavy atom. The lowest BCUT2D eigenvalue weighted by molar-refractivity contribution is -0.191. The van der Waals surface area contributed by atoms with Gasteiger partial charge >= 0.3 is 11.9 Å². The molecule has 7 nitrogen and oxygen atoms in total. The van der Waals surface area contributed by atoms with Gasteiger partial charge in [-0.05, 0) is 49.7 Å². The van der Waals surface area contributed by atoms with E-state index in [2.05, 4.69) is 0 Å². The first-order valence-electron chi connectivity index (χ1n) is 11.3. The van der Waals surface area contributed by atoms with Gasteiger partial charge in [0.15, 0.2) is 18.0 Å². The Bertz CT molecular complexity index is 975. The van der Waals surface area contributed by atoms with Crippen LogP contribution in [0.15, 0.2) is 23.8 Å². The smallest absolute Gasteiger partial charge is 0.303 e. The van der Waals surface area contributed by atoms with Crippen molar-refractivity contribution in [2.75, 3.05) is 6.61 Å². The highest BCUT2D eigenvalue weighted by Gasteiger charge is 2.70. The summed E-state index contributed by atoms with van der Waals surface area (Å²) in [6.07, 6.45) is 7.60. The predicted octanol–water partition coefficient (Wildman–Crippen LogP) is 2.91. The Balaban J connectivity index is 1.74. The van der Waals surface area contributed by atoms with Gasteiger partial charge < -0.3 is 9.47 Å². The molecule has 172 valence electrons. The van der Waals surface area contributed by atoms with Crippen LogP contribution in [-0.2, 0) is 33.4 Å². The molecule has 0 aromatic rings. The Kier molecular flexibility index (Phi) is 5.30. The highest BCUT2D eigenvalue weighted by atomic mass is 16.6. The molecule has 4 aliphatic rings. The fourth-order valence-electron chi connectivity index (χ4n) is 7.23. The van der Waals surface area contributed by atoms with Crippen LogP contribution in [0.25, 0.3) is 0 Å². The summed E-state index contributed by atoms with van der Waals surface area (Å²) in [7, 11) is 0. The summed E-state index contributed by atoms with van der Waals surface area (Å²) in [6, 6.07) is 0. The van der Waals surface area contributed by atoms with Crippen molar-refractivity contribution >= 4 is 29.3 Å². The number of esters is 2. The molecule has 0 aromatic carbocycles. The molecule has 0 saturated heterocycles. The summed E-state index contributed by atoms with van der Waals surface area (Å²) in [5.74, 6) is -1.93. The highest BCUT2D eigenvalue weighted by molar-refractivity contribution is 6.02. The molecule has 0 N–H and O–H groups in total. The van der Waals surface area contributed by atoms with E-state index in [0.717, 1.165) is 18.4 Å². The van der Waals surface area contributed by atoms with Crippen LogP contribution < -0.4 is 0 Å². The fraction of sp³-hybridized carbons (Fsp3) is 0.640. The minimum Gasteiger partial charge on any atom is -0.458 e. The van der Waals surface area contributed by atoms with Crippen molar-refractivity contribution in [1.29, 1.82) is 0 Å².